The minimum atomic E-state index is -0.857. The molecule has 4 rings (SSSR count). The Bertz CT molecular complexity index is 1030. The Labute approximate surface area is 168 Å². The van der Waals surface area contributed by atoms with Crippen molar-refractivity contribution in [3.8, 4) is 0 Å². The maximum Gasteiger partial charge on any atom is 0.254 e. The van der Waals surface area contributed by atoms with Crippen molar-refractivity contribution in [1.29, 1.82) is 0 Å². The Morgan fingerprint density at radius 3 is 2.62 bits per heavy atom. The van der Waals surface area contributed by atoms with Gasteiger partial charge in [-0.25, -0.2) is 8.78 Å². The van der Waals surface area contributed by atoms with Crippen LogP contribution in [0.5, 0.6) is 0 Å². The summed E-state index contributed by atoms with van der Waals surface area (Å²) in [6.45, 7) is 1.98. The van der Waals surface area contributed by atoms with E-state index < -0.39 is 17.5 Å². The van der Waals surface area contributed by atoms with Crippen LogP contribution in [-0.2, 0) is 20.0 Å². The Morgan fingerprint density at radius 1 is 1.10 bits per heavy atom. The molecule has 4 nitrogen and oxygen atoms in total. The third kappa shape index (κ3) is 4.07. The number of benzene rings is 2. The van der Waals surface area contributed by atoms with E-state index in [2.05, 4.69) is 28.4 Å². The second kappa shape index (κ2) is 8.17. The minimum absolute atomic E-state index is 0.0594. The molecular weight excluding hydrogens is 372 g/mol. The van der Waals surface area contributed by atoms with Gasteiger partial charge in [0.2, 0.25) is 0 Å². The summed E-state index contributed by atoms with van der Waals surface area (Å²) in [4.78, 5) is 14.9. The van der Waals surface area contributed by atoms with Crippen molar-refractivity contribution in [1.82, 2.24) is 14.8 Å². The number of hydrogen-bond acceptors (Lipinski definition) is 2. The van der Waals surface area contributed by atoms with Gasteiger partial charge in [0.25, 0.3) is 5.91 Å². The van der Waals surface area contributed by atoms with Gasteiger partial charge in [-0.05, 0) is 41.8 Å². The van der Waals surface area contributed by atoms with Crippen LogP contribution in [0.3, 0.4) is 0 Å². The Hall–Kier alpha value is -2.99. The molecule has 3 aromatic rings. The summed E-state index contributed by atoms with van der Waals surface area (Å²) in [5.41, 5.74) is 3.56. The number of nitrogens with one attached hydrogen (secondary N) is 1. The maximum atomic E-state index is 14.0. The summed E-state index contributed by atoms with van der Waals surface area (Å²) in [5.74, 6) is -2.10. The summed E-state index contributed by atoms with van der Waals surface area (Å²) in [6.07, 6.45) is 2.92. The number of aromatic nitrogens is 1. The molecule has 0 aliphatic carbocycles. The highest BCUT2D eigenvalue weighted by Gasteiger charge is 2.27. The number of hydrogen-bond donors (Lipinski definition) is 1. The number of rotatable bonds is 5. The molecule has 1 atom stereocenters. The molecule has 1 aromatic heterocycles. The van der Waals surface area contributed by atoms with Gasteiger partial charge in [-0.1, -0.05) is 24.3 Å². The standard InChI is InChI=1S/C23H23F2N3O/c1-27-11-4-7-21(27)22(28-12-10-16-5-2-3-6-17(16)15-28)14-26-23(29)19-9-8-18(24)13-20(19)25/h2-9,11,13,22H,10,12,14-15H2,1H3,(H,26,29)/t22-/m0/s1. The SMILES string of the molecule is Cn1cccc1[C@H](CNC(=O)c1ccc(F)cc1F)N1CCc2ccccc2C1. The lowest BCUT2D eigenvalue weighted by Gasteiger charge is -2.36. The van der Waals surface area contributed by atoms with Crippen LogP contribution < -0.4 is 5.32 Å². The van der Waals surface area contributed by atoms with E-state index in [0.29, 0.717) is 6.54 Å². The topological polar surface area (TPSA) is 37.3 Å². The highest BCUT2D eigenvalue weighted by atomic mass is 19.1. The van der Waals surface area contributed by atoms with Gasteiger partial charge >= 0.3 is 0 Å². The lowest BCUT2D eigenvalue weighted by atomic mass is 9.97. The van der Waals surface area contributed by atoms with Crippen molar-refractivity contribution < 1.29 is 13.6 Å². The van der Waals surface area contributed by atoms with Crippen LogP contribution in [0.2, 0.25) is 0 Å². The Kier molecular flexibility index (Phi) is 5.45. The van der Waals surface area contributed by atoms with Crippen LogP contribution in [0.4, 0.5) is 8.78 Å². The summed E-state index contributed by atoms with van der Waals surface area (Å²) in [7, 11) is 1.97. The van der Waals surface area contributed by atoms with E-state index in [4.69, 9.17) is 0 Å². The van der Waals surface area contributed by atoms with E-state index in [1.54, 1.807) is 0 Å². The zero-order valence-corrected chi connectivity index (χ0v) is 16.2. The Balaban J connectivity index is 1.54. The van der Waals surface area contributed by atoms with Crippen molar-refractivity contribution in [2.45, 2.75) is 19.0 Å². The molecule has 2 aromatic carbocycles. The fraction of sp³-hybridized carbons (Fsp3) is 0.261. The van der Waals surface area contributed by atoms with Gasteiger partial charge in [0, 0.05) is 44.6 Å². The number of carbonyl (C=O) groups excluding carboxylic acids is 1. The highest BCUT2D eigenvalue weighted by molar-refractivity contribution is 5.94. The van der Waals surface area contributed by atoms with Gasteiger partial charge in [-0.3, -0.25) is 9.69 Å². The molecule has 0 bridgehead atoms. The van der Waals surface area contributed by atoms with Gasteiger partial charge in [0.15, 0.2) is 0 Å². The Morgan fingerprint density at radius 2 is 1.90 bits per heavy atom. The summed E-state index contributed by atoms with van der Waals surface area (Å²) in [5, 5.41) is 2.84. The molecule has 0 radical (unpaired) electrons. The summed E-state index contributed by atoms with van der Waals surface area (Å²) in [6, 6.07) is 15.3. The predicted molar refractivity (Wildman–Crippen MR) is 107 cm³/mol. The monoisotopic (exact) mass is 395 g/mol. The average molecular weight is 395 g/mol. The van der Waals surface area contributed by atoms with Gasteiger partial charge in [0.1, 0.15) is 11.6 Å². The van der Waals surface area contributed by atoms with Crippen molar-refractivity contribution in [3.63, 3.8) is 0 Å². The molecular formula is C23H23F2N3O. The number of halogens is 2. The van der Waals surface area contributed by atoms with E-state index in [0.717, 1.165) is 37.3 Å². The van der Waals surface area contributed by atoms with Gasteiger partial charge in [-0.2, -0.15) is 0 Å². The first-order valence-electron chi connectivity index (χ1n) is 9.68. The molecule has 0 fully saturated rings. The second-order valence-corrected chi connectivity index (χ2v) is 7.38. The smallest absolute Gasteiger partial charge is 0.254 e. The molecule has 29 heavy (non-hydrogen) atoms. The van der Waals surface area contributed by atoms with Gasteiger partial charge in [-0.15, -0.1) is 0 Å². The third-order valence-electron chi connectivity index (χ3n) is 5.56. The minimum Gasteiger partial charge on any atom is -0.353 e. The summed E-state index contributed by atoms with van der Waals surface area (Å²) < 4.78 is 29.1. The van der Waals surface area contributed by atoms with Crippen LogP contribution in [-0.4, -0.2) is 28.5 Å². The highest BCUT2D eigenvalue weighted by Crippen LogP contribution is 2.28. The summed E-state index contributed by atoms with van der Waals surface area (Å²) >= 11 is 0. The van der Waals surface area contributed by atoms with E-state index in [9.17, 15) is 13.6 Å². The third-order valence-corrected chi connectivity index (χ3v) is 5.56. The van der Waals surface area contributed by atoms with Crippen LogP contribution in [0.15, 0.2) is 60.8 Å². The number of carbonyl (C=O) groups is 1. The molecule has 6 heteroatoms. The van der Waals surface area contributed by atoms with Crippen LogP contribution in [0.1, 0.15) is 33.2 Å². The quantitative estimate of drug-likeness (QED) is 0.713. The molecule has 2 heterocycles. The van der Waals surface area contributed by atoms with Crippen molar-refractivity contribution in [3.05, 3.63) is 94.8 Å². The first-order chi connectivity index (χ1) is 14.0. The van der Waals surface area contributed by atoms with Crippen molar-refractivity contribution >= 4 is 5.91 Å². The van der Waals surface area contributed by atoms with Crippen LogP contribution in [0.25, 0.3) is 0 Å². The lowest BCUT2D eigenvalue weighted by molar-refractivity contribution is 0.0921. The largest absolute Gasteiger partial charge is 0.353 e. The number of aryl methyl sites for hydroxylation is 1. The van der Waals surface area contributed by atoms with E-state index in [-0.39, 0.29) is 11.6 Å². The molecule has 0 unspecified atom stereocenters. The first-order valence-corrected chi connectivity index (χ1v) is 9.68. The molecule has 1 amide bonds. The molecule has 1 N–H and O–H groups in total. The van der Waals surface area contributed by atoms with Crippen LogP contribution >= 0.6 is 0 Å². The molecule has 0 spiro atoms. The van der Waals surface area contributed by atoms with E-state index in [1.807, 2.05) is 36.0 Å². The number of amides is 1. The fourth-order valence-electron chi connectivity index (χ4n) is 3.98. The fourth-order valence-corrected chi connectivity index (χ4v) is 3.98. The molecule has 0 saturated heterocycles. The molecule has 1 aliphatic heterocycles. The van der Waals surface area contributed by atoms with Crippen LogP contribution in [0, 0.1) is 11.6 Å². The predicted octanol–water partition coefficient (Wildman–Crippen LogP) is 3.83. The zero-order valence-electron chi connectivity index (χ0n) is 16.2. The van der Waals surface area contributed by atoms with Crippen molar-refractivity contribution in [2.75, 3.05) is 13.1 Å². The van der Waals surface area contributed by atoms with Gasteiger partial charge in [0.05, 0.1) is 11.6 Å². The van der Waals surface area contributed by atoms with Crippen molar-refractivity contribution in [2.24, 2.45) is 7.05 Å². The average Bonchev–Trinajstić information content (AvgIpc) is 3.13. The zero-order chi connectivity index (χ0) is 20.4. The lowest BCUT2D eigenvalue weighted by Crippen LogP contribution is -2.41. The second-order valence-electron chi connectivity index (χ2n) is 7.38. The number of nitrogens with zero attached hydrogens (tertiary/aromatic N) is 2. The molecule has 0 saturated carbocycles. The van der Waals surface area contributed by atoms with Gasteiger partial charge < -0.3 is 9.88 Å². The van der Waals surface area contributed by atoms with E-state index >= 15 is 0 Å². The first kappa shape index (κ1) is 19.3. The number of fused-ring (bicyclic) bond motifs is 1. The molecule has 1 aliphatic rings. The van der Waals surface area contributed by atoms with E-state index in [1.165, 1.54) is 17.2 Å². The molecule has 150 valence electrons. The maximum absolute atomic E-state index is 14.0. The normalized spacial score (nSPS) is 15.0.